The molecule has 4 N–H and O–H groups in total. The number of halogens is 1. The summed E-state index contributed by atoms with van der Waals surface area (Å²) in [4.78, 5) is 42.7. The lowest BCUT2D eigenvalue weighted by Crippen LogP contribution is -2.56. The lowest BCUT2D eigenvalue weighted by atomic mass is 10.1. The number of piperazine rings is 1. The Morgan fingerprint density at radius 1 is 1.28 bits per heavy atom. The molecule has 0 saturated carbocycles. The number of aliphatic hydroxyl groups is 1. The fourth-order valence-corrected chi connectivity index (χ4v) is 5.57. The van der Waals surface area contributed by atoms with Gasteiger partial charge in [0.05, 0.1) is 6.33 Å². The van der Waals surface area contributed by atoms with Crippen molar-refractivity contribution in [1.82, 2.24) is 35.1 Å². The van der Waals surface area contributed by atoms with Crippen LogP contribution in [0.4, 0.5) is 5.82 Å². The third-order valence-corrected chi connectivity index (χ3v) is 7.53. The number of fused-ring (bicyclic) bond motifs is 1. The highest BCUT2D eigenvalue weighted by Gasteiger charge is 2.48. The first-order valence-corrected chi connectivity index (χ1v) is 14.0. The number of aliphatic hydroxyl groups excluding tert-OH is 1. The van der Waals surface area contributed by atoms with E-state index < -0.39 is 30.4 Å². The van der Waals surface area contributed by atoms with E-state index in [1.54, 1.807) is 23.1 Å². The lowest BCUT2D eigenvalue weighted by molar-refractivity contribution is -0.135. The smallest absolute Gasteiger partial charge is 0.260 e. The third-order valence-electron chi connectivity index (χ3n) is 7.29. The molecule has 43 heavy (non-hydrogen) atoms. The number of aromatic nitrogens is 4. The summed E-state index contributed by atoms with van der Waals surface area (Å²) in [6.45, 7) is 5.41. The fraction of sp³-hybridized carbons (Fsp3) is 0.500. The Hall–Kier alpha value is -4.21. The number of anilines is 1. The van der Waals surface area contributed by atoms with Crippen LogP contribution >= 0.6 is 11.6 Å². The average Bonchev–Trinajstić information content (AvgIpc) is 3.56. The summed E-state index contributed by atoms with van der Waals surface area (Å²) in [5.41, 5.74) is 10.3. The Labute approximate surface area is 251 Å². The predicted molar refractivity (Wildman–Crippen MR) is 155 cm³/mol. The normalized spacial score (nSPS) is 25.3. The van der Waals surface area contributed by atoms with Crippen LogP contribution in [0, 0.1) is 0 Å². The number of benzene rings is 1. The number of azide groups is 1. The molecule has 2 aliphatic rings. The number of ether oxygens (including phenoxy) is 2. The number of carbonyl (C=O) groups excluding carboxylic acids is 2. The van der Waals surface area contributed by atoms with Crippen LogP contribution in [-0.4, -0.2) is 98.4 Å². The molecule has 2 saturated heterocycles. The van der Waals surface area contributed by atoms with Gasteiger partial charge in [-0.15, -0.1) is 0 Å². The van der Waals surface area contributed by atoms with Crippen molar-refractivity contribution in [3.63, 3.8) is 0 Å². The highest BCUT2D eigenvalue weighted by molar-refractivity contribution is 6.30. The van der Waals surface area contributed by atoms with Gasteiger partial charge in [-0.25, -0.2) is 15.0 Å². The van der Waals surface area contributed by atoms with Gasteiger partial charge in [0.1, 0.15) is 30.3 Å². The molecular weight excluding hydrogens is 582 g/mol. The summed E-state index contributed by atoms with van der Waals surface area (Å²) < 4.78 is 13.2. The van der Waals surface area contributed by atoms with Gasteiger partial charge in [0.15, 0.2) is 29.8 Å². The van der Waals surface area contributed by atoms with Gasteiger partial charge in [0, 0.05) is 54.3 Å². The van der Waals surface area contributed by atoms with E-state index in [1.807, 2.05) is 13.8 Å². The monoisotopic (exact) mass is 613 g/mol. The highest BCUT2D eigenvalue weighted by atomic mass is 35.5. The van der Waals surface area contributed by atoms with Gasteiger partial charge in [-0.3, -0.25) is 14.2 Å². The zero-order valence-corrected chi connectivity index (χ0v) is 24.5. The standard InChI is InChI=1S/C26H32ClN11O5/c1-13-8-37(9-14(2)34-13)18(39)10-42-17-5-4-16(27)6-15(17)7-30-23-20-24(32-11-31-23)38(12-33-20)26-21(40)19(35-36-28)22(43-26)25(41)29-3/h4-6,11-14,19,21-22,26,34,40H,7-10H2,1-3H3,(H,29,41)(H,30,31,32)/t13?,14?,19-,21+,22-,26+/m0/s1. The van der Waals surface area contributed by atoms with E-state index in [2.05, 4.69) is 40.9 Å². The van der Waals surface area contributed by atoms with E-state index in [1.165, 1.54) is 24.3 Å². The van der Waals surface area contributed by atoms with Crippen LogP contribution in [0.1, 0.15) is 25.6 Å². The zero-order valence-electron chi connectivity index (χ0n) is 23.7. The molecular formula is C26H32ClN11O5. The van der Waals surface area contributed by atoms with Gasteiger partial charge in [-0.05, 0) is 37.6 Å². The highest BCUT2D eigenvalue weighted by Crippen LogP contribution is 2.34. The topological polar surface area (TPSA) is 205 Å². The molecule has 2 unspecified atom stereocenters. The molecule has 2 amide bonds. The van der Waals surface area contributed by atoms with E-state index in [0.717, 1.165) is 0 Å². The molecule has 0 bridgehead atoms. The number of hydrogen-bond acceptors (Lipinski definition) is 11. The van der Waals surface area contributed by atoms with Crippen molar-refractivity contribution >= 4 is 40.4 Å². The summed E-state index contributed by atoms with van der Waals surface area (Å²) in [6.07, 6.45) is -0.935. The quantitative estimate of drug-likeness (QED) is 0.155. The Kier molecular flexibility index (Phi) is 9.13. The second-order valence-corrected chi connectivity index (χ2v) is 10.9. The van der Waals surface area contributed by atoms with Crippen molar-refractivity contribution in [2.24, 2.45) is 5.11 Å². The number of carbonyl (C=O) groups is 2. The molecule has 3 aromatic rings. The maximum atomic E-state index is 12.9. The van der Waals surface area contributed by atoms with Crippen LogP contribution in [0.5, 0.6) is 5.75 Å². The number of amides is 2. The first-order chi connectivity index (χ1) is 20.7. The number of hydrogen-bond donors (Lipinski definition) is 4. The minimum absolute atomic E-state index is 0.102. The van der Waals surface area contributed by atoms with E-state index in [0.29, 0.717) is 46.4 Å². The van der Waals surface area contributed by atoms with Crippen LogP contribution in [0.15, 0.2) is 36.0 Å². The van der Waals surface area contributed by atoms with Gasteiger partial charge in [0.25, 0.3) is 5.91 Å². The van der Waals surface area contributed by atoms with Crippen molar-refractivity contribution in [3.05, 3.63) is 51.9 Å². The predicted octanol–water partition coefficient (Wildman–Crippen LogP) is 1.36. The summed E-state index contributed by atoms with van der Waals surface area (Å²) in [7, 11) is 1.41. The van der Waals surface area contributed by atoms with Crippen LogP contribution in [-0.2, 0) is 20.9 Å². The zero-order chi connectivity index (χ0) is 30.7. The van der Waals surface area contributed by atoms with E-state index >= 15 is 0 Å². The van der Waals surface area contributed by atoms with Gasteiger partial charge < -0.3 is 35.4 Å². The fourth-order valence-electron chi connectivity index (χ4n) is 5.37. The molecule has 2 aromatic heterocycles. The molecule has 0 aliphatic carbocycles. The molecule has 0 spiro atoms. The Morgan fingerprint density at radius 2 is 2.05 bits per heavy atom. The number of likely N-dealkylation sites (N-methyl/N-ethyl adjacent to an activating group) is 1. The molecule has 5 rings (SSSR count). The first-order valence-electron chi connectivity index (χ1n) is 13.7. The van der Waals surface area contributed by atoms with Crippen molar-refractivity contribution in [1.29, 1.82) is 0 Å². The second kappa shape index (κ2) is 13.0. The van der Waals surface area contributed by atoms with E-state index in [-0.39, 0.29) is 31.1 Å². The van der Waals surface area contributed by atoms with E-state index in [4.69, 9.17) is 26.6 Å². The van der Waals surface area contributed by atoms with Gasteiger partial charge in [-0.2, -0.15) is 0 Å². The first kappa shape index (κ1) is 30.3. The van der Waals surface area contributed by atoms with E-state index in [9.17, 15) is 14.7 Å². The summed E-state index contributed by atoms with van der Waals surface area (Å²) in [5, 5.41) is 24.0. The summed E-state index contributed by atoms with van der Waals surface area (Å²) in [6, 6.07) is 4.37. The van der Waals surface area contributed by atoms with Gasteiger partial charge in [0.2, 0.25) is 5.91 Å². The number of nitrogens with zero attached hydrogens (tertiary/aromatic N) is 8. The summed E-state index contributed by atoms with van der Waals surface area (Å²) in [5.74, 6) is 0.217. The lowest BCUT2D eigenvalue weighted by Gasteiger charge is -2.36. The maximum absolute atomic E-state index is 12.9. The Balaban J connectivity index is 1.31. The Bertz CT molecular complexity index is 1540. The van der Waals surface area contributed by atoms with Crippen molar-refractivity contribution in [3.8, 4) is 5.75 Å². The van der Waals surface area contributed by atoms with Gasteiger partial charge in [-0.1, -0.05) is 16.7 Å². The molecule has 16 nitrogen and oxygen atoms in total. The molecule has 2 aliphatic heterocycles. The SMILES string of the molecule is CNC(=O)[C@H]1O[C@@H](n2cnc3c(NCc4cc(Cl)ccc4OCC(=O)N4CC(C)NC(C)C4)ncnc32)[C@H](O)[C@@H]1N=[N+]=[N-]. The minimum atomic E-state index is -1.34. The molecule has 1 aromatic carbocycles. The van der Waals surface area contributed by atoms with Gasteiger partial charge >= 0.3 is 0 Å². The molecule has 4 heterocycles. The number of rotatable bonds is 9. The Morgan fingerprint density at radius 3 is 2.77 bits per heavy atom. The molecule has 0 radical (unpaired) electrons. The largest absolute Gasteiger partial charge is 0.483 e. The van der Waals surface area contributed by atoms with Crippen LogP contribution in [0.2, 0.25) is 5.02 Å². The minimum Gasteiger partial charge on any atom is -0.483 e. The van der Waals surface area contributed by atoms with Crippen LogP contribution in [0.25, 0.3) is 21.6 Å². The summed E-state index contributed by atoms with van der Waals surface area (Å²) >= 11 is 6.28. The molecule has 228 valence electrons. The van der Waals surface area contributed by atoms with Crippen LogP contribution < -0.4 is 20.7 Å². The average molecular weight is 614 g/mol. The van der Waals surface area contributed by atoms with Crippen LogP contribution in [0.3, 0.4) is 0 Å². The number of nitrogens with one attached hydrogen (secondary N) is 3. The maximum Gasteiger partial charge on any atom is 0.260 e. The third kappa shape index (κ3) is 6.43. The second-order valence-electron chi connectivity index (χ2n) is 10.5. The number of imidazole rings is 1. The van der Waals surface area contributed by atoms with Crippen molar-refractivity contribution in [2.45, 2.75) is 57.0 Å². The van der Waals surface area contributed by atoms with Crippen molar-refractivity contribution < 1.29 is 24.2 Å². The van der Waals surface area contributed by atoms with Crippen molar-refractivity contribution in [2.75, 3.05) is 32.1 Å². The molecule has 6 atom stereocenters. The molecule has 2 fully saturated rings. The molecule has 17 heteroatoms.